The average Bonchev–Trinajstić information content (AvgIpc) is 3.28. The molecule has 0 radical (unpaired) electrons. The van der Waals surface area contributed by atoms with Gasteiger partial charge in [0.15, 0.2) is 5.65 Å². The molecular weight excluding hydrogens is 426 g/mol. The number of fused-ring (bicyclic) bond motifs is 1. The van der Waals surface area contributed by atoms with Gasteiger partial charge in [0.2, 0.25) is 15.9 Å². The lowest BCUT2D eigenvalue weighted by atomic mass is 9.92. The van der Waals surface area contributed by atoms with Crippen molar-refractivity contribution < 1.29 is 13.2 Å². The summed E-state index contributed by atoms with van der Waals surface area (Å²) in [4.78, 5) is 15.5. The lowest BCUT2D eigenvalue weighted by molar-refractivity contribution is -0.138. The van der Waals surface area contributed by atoms with Gasteiger partial charge < -0.3 is 4.90 Å². The van der Waals surface area contributed by atoms with Crippen LogP contribution in [0.2, 0.25) is 0 Å². The summed E-state index contributed by atoms with van der Waals surface area (Å²) >= 11 is 0. The molecule has 1 amide bonds. The molecule has 2 aliphatic heterocycles. The SMILES string of the molecule is O=C(C1CCN(S(=O)(=O)c2ccccc2)CC1)N1CCC[C@@H](c2nnc3ccccn23)C1. The van der Waals surface area contributed by atoms with Crippen LogP contribution in [0.1, 0.15) is 37.4 Å². The fraction of sp³-hybridized carbons (Fsp3) is 0.435. The molecule has 1 atom stereocenters. The minimum Gasteiger partial charge on any atom is -0.342 e. The maximum Gasteiger partial charge on any atom is 0.243 e. The van der Waals surface area contributed by atoms with E-state index in [2.05, 4.69) is 10.2 Å². The first kappa shape index (κ1) is 21.1. The first-order valence-corrected chi connectivity index (χ1v) is 12.6. The Balaban J connectivity index is 1.23. The summed E-state index contributed by atoms with van der Waals surface area (Å²) < 4.78 is 29.2. The van der Waals surface area contributed by atoms with Crippen LogP contribution in [0.5, 0.6) is 0 Å². The molecular formula is C23H27N5O3S. The number of benzene rings is 1. The van der Waals surface area contributed by atoms with Crippen LogP contribution in [0.4, 0.5) is 0 Å². The zero-order chi connectivity index (χ0) is 22.1. The quantitative estimate of drug-likeness (QED) is 0.606. The molecule has 9 heteroatoms. The number of rotatable bonds is 4. The van der Waals surface area contributed by atoms with Crippen LogP contribution in [0.25, 0.3) is 5.65 Å². The smallest absolute Gasteiger partial charge is 0.243 e. The van der Waals surface area contributed by atoms with E-state index in [1.807, 2.05) is 33.7 Å². The lowest BCUT2D eigenvalue weighted by Gasteiger charge is -2.37. The maximum absolute atomic E-state index is 13.3. The van der Waals surface area contributed by atoms with E-state index in [1.165, 1.54) is 4.31 Å². The summed E-state index contributed by atoms with van der Waals surface area (Å²) in [5.74, 6) is 1.07. The third kappa shape index (κ3) is 3.91. The van der Waals surface area contributed by atoms with E-state index < -0.39 is 10.0 Å². The van der Waals surface area contributed by atoms with Gasteiger partial charge in [0.25, 0.3) is 0 Å². The molecule has 5 rings (SSSR count). The summed E-state index contributed by atoms with van der Waals surface area (Å²) in [7, 11) is -3.50. The van der Waals surface area contributed by atoms with Crippen LogP contribution in [-0.4, -0.2) is 64.3 Å². The van der Waals surface area contributed by atoms with Gasteiger partial charge in [-0.2, -0.15) is 4.31 Å². The number of amides is 1. The maximum atomic E-state index is 13.3. The third-order valence-electron chi connectivity index (χ3n) is 6.62. The number of carbonyl (C=O) groups is 1. The van der Waals surface area contributed by atoms with Gasteiger partial charge in [-0.25, -0.2) is 8.42 Å². The van der Waals surface area contributed by atoms with E-state index in [0.29, 0.717) is 37.4 Å². The fourth-order valence-electron chi connectivity index (χ4n) is 4.87. The molecule has 0 unspecified atom stereocenters. The second kappa shape index (κ2) is 8.63. The second-order valence-corrected chi connectivity index (χ2v) is 10.5. The number of pyridine rings is 1. The number of likely N-dealkylation sites (tertiary alicyclic amines) is 1. The highest BCUT2D eigenvalue weighted by Crippen LogP contribution is 2.30. The van der Waals surface area contributed by atoms with E-state index in [9.17, 15) is 13.2 Å². The molecule has 0 saturated carbocycles. The fourth-order valence-corrected chi connectivity index (χ4v) is 6.36. The molecule has 0 spiro atoms. The van der Waals surface area contributed by atoms with Crippen molar-refractivity contribution in [3.05, 3.63) is 60.6 Å². The number of nitrogens with zero attached hydrogens (tertiary/aromatic N) is 5. The van der Waals surface area contributed by atoms with Crippen molar-refractivity contribution in [2.75, 3.05) is 26.2 Å². The zero-order valence-electron chi connectivity index (χ0n) is 17.9. The first-order chi connectivity index (χ1) is 15.5. The van der Waals surface area contributed by atoms with E-state index >= 15 is 0 Å². The minimum absolute atomic E-state index is 0.133. The zero-order valence-corrected chi connectivity index (χ0v) is 18.7. The van der Waals surface area contributed by atoms with Crippen molar-refractivity contribution in [1.29, 1.82) is 0 Å². The van der Waals surface area contributed by atoms with Crippen LogP contribution in [-0.2, 0) is 14.8 Å². The molecule has 0 bridgehead atoms. The van der Waals surface area contributed by atoms with Crippen molar-refractivity contribution in [2.24, 2.45) is 5.92 Å². The highest BCUT2D eigenvalue weighted by atomic mass is 32.2. The molecule has 2 aliphatic rings. The Labute approximate surface area is 187 Å². The van der Waals surface area contributed by atoms with Gasteiger partial charge in [-0.3, -0.25) is 9.20 Å². The largest absolute Gasteiger partial charge is 0.342 e. The summed E-state index contributed by atoms with van der Waals surface area (Å²) in [5.41, 5.74) is 0.818. The number of hydrogen-bond donors (Lipinski definition) is 0. The van der Waals surface area contributed by atoms with E-state index in [-0.39, 0.29) is 17.7 Å². The van der Waals surface area contributed by atoms with Crippen molar-refractivity contribution >= 4 is 21.6 Å². The number of carbonyl (C=O) groups excluding carboxylic acids is 1. The number of piperidine rings is 2. The predicted octanol–water partition coefficient (Wildman–Crippen LogP) is 2.54. The highest BCUT2D eigenvalue weighted by molar-refractivity contribution is 7.89. The van der Waals surface area contributed by atoms with Crippen molar-refractivity contribution in [3.8, 4) is 0 Å². The molecule has 1 aromatic carbocycles. The number of hydrogen-bond acceptors (Lipinski definition) is 5. The molecule has 8 nitrogen and oxygen atoms in total. The molecule has 0 aliphatic carbocycles. The minimum atomic E-state index is -3.50. The first-order valence-electron chi connectivity index (χ1n) is 11.2. The van der Waals surface area contributed by atoms with E-state index in [0.717, 1.165) is 30.9 Å². The Morgan fingerprint density at radius 3 is 2.44 bits per heavy atom. The van der Waals surface area contributed by atoms with Gasteiger partial charge in [0, 0.05) is 44.2 Å². The Bertz CT molecular complexity index is 1200. The average molecular weight is 454 g/mol. The summed E-state index contributed by atoms with van der Waals surface area (Å²) in [6.07, 6.45) is 4.99. The Hall–Kier alpha value is -2.78. The van der Waals surface area contributed by atoms with E-state index in [1.54, 1.807) is 30.3 Å². The molecule has 168 valence electrons. The normalized spacial score (nSPS) is 21.1. The summed E-state index contributed by atoms with van der Waals surface area (Å²) in [6.45, 7) is 2.13. The van der Waals surface area contributed by atoms with Gasteiger partial charge in [-0.1, -0.05) is 24.3 Å². The number of aromatic nitrogens is 3. The molecule has 3 aromatic rings. The highest BCUT2D eigenvalue weighted by Gasteiger charge is 2.36. The van der Waals surface area contributed by atoms with Crippen LogP contribution in [0.15, 0.2) is 59.6 Å². The molecule has 4 heterocycles. The van der Waals surface area contributed by atoms with Gasteiger partial charge in [0.1, 0.15) is 5.82 Å². The standard InChI is InChI=1S/C23H27N5O3S/c29-23(18-11-15-27(16-12-18)32(30,31)20-8-2-1-3-9-20)26-13-6-7-19(17-26)22-25-24-21-10-4-5-14-28(21)22/h1-5,8-10,14,18-19H,6-7,11-13,15-17H2/t19-/m1/s1. The van der Waals surface area contributed by atoms with Crippen LogP contribution < -0.4 is 0 Å². The second-order valence-electron chi connectivity index (χ2n) is 8.60. The Kier molecular flexibility index (Phi) is 5.69. The Morgan fingerprint density at radius 1 is 0.906 bits per heavy atom. The van der Waals surface area contributed by atoms with Crippen LogP contribution in [0, 0.1) is 5.92 Å². The van der Waals surface area contributed by atoms with E-state index in [4.69, 9.17) is 0 Å². The van der Waals surface area contributed by atoms with Crippen LogP contribution >= 0.6 is 0 Å². The van der Waals surface area contributed by atoms with Crippen molar-refractivity contribution in [3.63, 3.8) is 0 Å². The summed E-state index contributed by atoms with van der Waals surface area (Å²) in [6, 6.07) is 14.3. The molecule has 2 fully saturated rings. The van der Waals surface area contributed by atoms with Gasteiger partial charge in [-0.15, -0.1) is 10.2 Å². The van der Waals surface area contributed by atoms with Gasteiger partial charge in [-0.05, 0) is 49.9 Å². The van der Waals surface area contributed by atoms with Crippen LogP contribution in [0.3, 0.4) is 0 Å². The monoisotopic (exact) mass is 453 g/mol. The van der Waals surface area contributed by atoms with Gasteiger partial charge >= 0.3 is 0 Å². The molecule has 32 heavy (non-hydrogen) atoms. The van der Waals surface area contributed by atoms with Crippen molar-refractivity contribution in [2.45, 2.75) is 36.5 Å². The molecule has 0 N–H and O–H groups in total. The topological polar surface area (TPSA) is 87.9 Å². The lowest BCUT2D eigenvalue weighted by Crippen LogP contribution is -2.47. The van der Waals surface area contributed by atoms with Gasteiger partial charge in [0.05, 0.1) is 4.90 Å². The summed E-state index contributed by atoms with van der Waals surface area (Å²) in [5, 5.41) is 8.65. The Morgan fingerprint density at radius 2 is 1.66 bits per heavy atom. The number of sulfonamides is 1. The predicted molar refractivity (Wildman–Crippen MR) is 119 cm³/mol. The van der Waals surface area contributed by atoms with Crippen molar-refractivity contribution in [1.82, 2.24) is 23.8 Å². The molecule has 2 saturated heterocycles. The molecule has 2 aromatic heterocycles. The third-order valence-corrected chi connectivity index (χ3v) is 8.54.